The molecule has 7 nitrogen and oxygen atoms in total. The SMILES string of the molecule is C=CCON(CC)C(=O)Cc1cc(Oc2ccc(C(F)(F)F)cc2Cl)ccc1[N+](=O)[O-]. The Kier molecular flexibility index (Phi) is 8.01. The molecule has 2 aromatic carbocycles. The molecule has 0 spiro atoms. The number of carbonyl (C=O) groups excluding carboxylic acids is 1. The fourth-order valence-corrected chi connectivity index (χ4v) is 2.78. The number of hydrogen-bond donors (Lipinski definition) is 0. The number of alkyl halides is 3. The number of ether oxygens (including phenoxy) is 1. The van der Waals surface area contributed by atoms with Gasteiger partial charge in [0.05, 0.1) is 28.5 Å². The molecule has 0 radical (unpaired) electrons. The lowest BCUT2D eigenvalue weighted by Crippen LogP contribution is -2.32. The van der Waals surface area contributed by atoms with Gasteiger partial charge in [0.1, 0.15) is 11.5 Å². The van der Waals surface area contributed by atoms with Crippen molar-refractivity contribution >= 4 is 23.2 Å². The van der Waals surface area contributed by atoms with E-state index in [1.54, 1.807) is 6.92 Å². The zero-order valence-electron chi connectivity index (χ0n) is 16.3. The third-order valence-corrected chi connectivity index (χ3v) is 4.29. The summed E-state index contributed by atoms with van der Waals surface area (Å²) in [5.74, 6) is -0.549. The number of nitrogens with zero attached hydrogens (tertiary/aromatic N) is 2. The van der Waals surface area contributed by atoms with Gasteiger partial charge in [-0.3, -0.25) is 19.7 Å². The van der Waals surface area contributed by atoms with E-state index in [4.69, 9.17) is 21.2 Å². The van der Waals surface area contributed by atoms with Crippen LogP contribution in [-0.2, 0) is 22.2 Å². The van der Waals surface area contributed by atoms with Crippen LogP contribution < -0.4 is 4.74 Å². The number of benzene rings is 2. The minimum absolute atomic E-state index is 0.0381. The van der Waals surface area contributed by atoms with E-state index >= 15 is 0 Å². The minimum atomic E-state index is -4.57. The Balaban J connectivity index is 2.30. The van der Waals surface area contributed by atoms with Crippen LogP contribution in [-0.4, -0.2) is 29.0 Å². The van der Waals surface area contributed by atoms with Crippen LogP contribution in [0, 0.1) is 10.1 Å². The number of amides is 1. The minimum Gasteiger partial charge on any atom is -0.456 e. The van der Waals surface area contributed by atoms with Crippen molar-refractivity contribution < 1.29 is 32.5 Å². The first-order valence-electron chi connectivity index (χ1n) is 8.92. The molecule has 31 heavy (non-hydrogen) atoms. The van der Waals surface area contributed by atoms with Crippen molar-refractivity contribution in [2.24, 2.45) is 0 Å². The summed E-state index contributed by atoms with van der Waals surface area (Å²) in [4.78, 5) is 28.3. The maximum Gasteiger partial charge on any atom is 0.416 e. The zero-order chi connectivity index (χ0) is 23.2. The van der Waals surface area contributed by atoms with Crippen LogP contribution in [0.25, 0.3) is 0 Å². The van der Waals surface area contributed by atoms with Crippen LogP contribution >= 0.6 is 11.6 Å². The lowest BCUT2D eigenvalue weighted by molar-refractivity contribution is -0.385. The molecule has 166 valence electrons. The van der Waals surface area contributed by atoms with E-state index in [1.165, 1.54) is 18.2 Å². The molecule has 0 unspecified atom stereocenters. The topological polar surface area (TPSA) is 81.9 Å². The zero-order valence-corrected chi connectivity index (χ0v) is 17.1. The van der Waals surface area contributed by atoms with E-state index in [0.29, 0.717) is 6.07 Å². The largest absolute Gasteiger partial charge is 0.456 e. The number of hydrogen-bond acceptors (Lipinski definition) is 5. The normalized spacial score (nSPS) is 11.1. The third-order valence-electron chi connectivity index (χ3n) is 3.99. The molecular formula is C20H18ClF3N2O5. The Bertz CT molecular complexity index is 982. The fraction of sp³-hybridized carbons (Fsp3) is 0.250. The molecule has 1 amide bonds. The maximum absolute atomic E-state index is 12.8. The summed E-state index contributed by atoms with van der Waals surface area (Å²) < 4.78 is 43.8. The monoisotopic (exact) mass is 458 g/mol. The van der Waals surface area contributed by atoms with Crippen LogP contribution in [0.2, 0.25) is 5.02 Å². The number of rotatable bonds is 9. The van der Waals surface area contributed by atoms with Gasteiger partial charge in [0.15, 0.2) is 0 Å². The standard InChI is InChI=1S/C20H18ClF3N2O5/c1-3-9-30-25(4-2)19(27)11-13-10-15(6-7-17(13)26(28)29)31-18-8-5-14(12-16(18)21)20(22,23)24/h3,5-8,10,12H,1,4,9,11H2,2H3. The number of hydroxylamine groups is 2. The third kappa shape index (κ3) is 6.43. The van der Waals surface area contributed by atoms with Crippen LogP contribution in [0.4, 0.5) is 18.9 Å². The maximum atomic E-state index is 12.8. The molecule has 0 aromatic heterocycles. The van der Waals surface area contributed by atoms with Crippen LogP contribution in [0.15, 0.2) is 49.1 Å². The smallest absolute Gasteiger partial charge is 0.416 e. The number of likely N-dealkylation sites (N-methyl/N-ethyl adjacent to an activating group) is 1. The number of halogens is 4. The molecule has 0 atom stereocenters. The first-order valence-corrected chi connectivity index (χ1v) is 9.30. The molecule has 0 aliphatic rings. The van der Waals surface area contributed by atoms with E-state index in [-0.39, 0.29) is 47.3 Å². The summed E-state index contributed by atoms with van der Waals surface area (Å²) in [6, 6.07) is 6.20. The van der Waals surface area contributed by atoms with Gasteiger partial charge in [-0.15, -0.1) is 6.58 Å². The summed E-state index contributed by atoms with van der Waals surface area (Å²) in [5.41, 5.74) is -1.23. The van der Waals surface area contributed by atoms with Gasteiger partial charge in [-0.05, 0) is 37.3 Å². The number of nitro benzene ring substituents is 1. The molecule has 11 heteroatoms. The van der Waals surface area contributed by atoms with Gasteiger partial charge in [-0.2, -0.15) is 13.2 Å². The predicted molar refractivity (Wildman–Crippen MR) is 107 cm³/mol. The molecule has 0 fully saturated rings. The predicted octanol–water partition coefficient (Wildman–Crippen LogP) is 5.57. The first kappa shape index (κ1) is 24.2. The highest BCUT2D eigenvalue weighted by Gasteiger charge is 2.31. The Morgan fingerprint density at radius 1 is 1.29 bits per heavy atom. The summed E-state index contributed by atoms with van der Waals surface area (Å²) in [6.07, 6.45) is -3.48. The van der Waals surface area contributed by atoms with Crippen molar-refractivity contribution in [3.8, 4) is 11.5 Å². The van der Waals surface area contributed by atoms with Crippen LogP contribution in [0.5, 0.6) is 11.5 Å². The van der Waals surface area contributed by atoms with Gasteiger partial charge >= 0.3 is 6.18 Å². The molecule has 0 saturated heterocycles. The molecule has 2 rings (SSSR count). The number of nitro groups is 1. The molecule has 2 aromatic rings. The Labute approximate surface area is 180 Å². The quantitative estimate of drug-likeness (QED) is 0.279. The summed E-state index contributed by atoms with van der Waals surface area (Å²) in [6.45, 7) is 5.44. The van der Waals surface area contributed by atoms with E-state index in [2.05, 4.69) is 6.58 Å². The average Bonchev–Trinajstić information content (AvgIpc) is 2.69. The van der Waals surface area contributed by atoms with Crippen molar-refractivity contribution in [1.29, 1.82) is 0 Å². The second kappa shape index (κ2) is 10.3. The Hall–Kier alpha value is -3.11. The molecule has 0 heterocycles. The average molecular weight is 459 g/mol. The van der Waals surface area contributed by atoms with Gasteiger partial charge in [-0.25, -0.2) is 5.06 Å². The van der Waals surface area contributed by atoms with E-state index in [0.717, 1.165) is 23.3 Å². The van der Waals surface area contributed by atoms with Gasteiger partial charge < -0.3 is 4.74 Å². The first-order chi connectivity index (χ1) is 14.6. The highest BCUT2D eigenvalue weighted by molar-refractivity contribution is 6.32. The van der Waals surface area contributed by atoms with E-state index < -0.39 is 22.6 Å². The van der Waals surface area contributed by atoms with Gasteiger partial charge in [0.25, 0.3) is 11.6 Å². The summed E-state index contributed by atoms with van der Waals surface area (Å²) in [5, 5.41) is 12.1. The molecule has 0 aliphatic heterocycles. The Morgan fingerprint density at radius 3 is 2.55 bits per heavy atom. The second-order valence-electron chi connectivity index (χ2n) is 6.14. The van der Waals surface area contributed by atoms with Gasteiger partial charge in [0, 0.05) is 18.2 Å². The van der Waals surface area contributed by atoms with Crippen molar-refractivity contribution in [3.05, 3.63) is 75.3 Å². The van der Waals surface area contributed by atoms with Crippen LogP contribution in [0.3, 0.4) is 0 Å². The Morgan fingerprint density at radius 2 is 2.00 bits per heavy atom. The van der Waals surface area contributed by atoms with Gasteiger partial charge in [-0.1, -0.05) is 17.7 Å². The van der Waals surface area contributed by atoms with Crippen molar-refractivity contribution in [1.82, 2.24) is 5.06 Å². The summed E-state index contributed by atoms with van der Waals surface area (Å²) >= 11 is 5.88. The lowest BCUT2D eigenvalue weighted by atomic mass is 10.1. The fourth-order valence-electron chi connectivity index (χ4n) is 2.57. The van der Waals surface area contributed by atoms with Crippen molar-refractivity contribution in [2.75, 3.05) is 13.2 Å². The lowest BCUT2D eigenvalue weighted by Gasteiger charge is -2.19. The highest BCUT2D eigenvalue weighted by atomic mass is 35.5. The molecule has 0 saturated carbocycles. The molecule has 0 N–H and O–H groups in total. The van der Waals surface area contributed by atoms with E-state index in [1.807, 2.05) is 0 Å². The molecule has 0 aliphatic carbocycles. The second-order valence-corrected chi connectivity index (χ2v) is 6.55. The molecule has 0 bridgehead atoms. The van der Waals surface area contributed by atoms with Crippen molar-refractivity contribution in [2.45, 2.75) is 19.5 Å². The highest BCUT2D eigenvalue weighted by Crippen LogP contribution is 2.37. The summed E-state index contributed by atoms with van der Waals surface area (Å²) in [7, 11) is 0. The van der Waals surface area contributed by atoms with Crippen LogP contribution in [0.1, 0.15) is 18.1 Å². The number of carbonyl (C=O) groups is 1. The molecular weight excluding hydrogens is 441 g/mol. The van der Waals surface area contributed by atoms with E-state index in [9.17, 15) is 28.1 Å². The van der Waals surface area contributed by atoms with Gasteiger partial charge in [0.2, 0.25) is 0 Å². The van der Waals surface area contributed by atoms with Crippen molar-refractivity contribution in [3.63, 3.8) is 0 Å².